The summed E-state index contributed by atoms with van der Waals surface area (Å²) < 4.78 is 17.2. The summed E-state index contributed by atoms with van der Waals surface area (Å²) in [5.74, 6) is 1.28. The zero-order chi connectivity index (χ0) is 22.2. The lowest BCUT2D eigenvalue weighted by atomic mass is 10.0. The van der Waals surface area contributed by atoms with E-state index in [0.29, 0.717) is 54.3 Å². The number of hydrogen-bond donors (Lipinski definition) is 2. The summed E-state index contributed by atoms with van der Waals surface area (Å²) in [7, 11) is 0. The summed E-state index contributed by atoms with van der Waals surface area (Å²) in [5.41, 5.74) is 9.68. The molecule has 164 valence electrons. The average molecular weight is 440 g/mol. The molecule has 6 nitrogen and oxygen atoms in total. The smallest absolute Gasteiger partial charge is 0.166 e. The summed E-state index contributed by atoms with van der Waals surface area (Å²) in [5, 5.41) is 4.26. The van der Waals surface area contributed by atoms with Gasteiger partial charge in [-0.1, -0.05) is 48.4 Å². The van der Waals surface area contributed by atoms with E-state index in [1.54, 1.807) is 12.5 Å². The van der Waals surface area contributed by atoms with E-state index < -0.39 is 11.2 Å². The molecule has 2 aromatic carbocycles. The van der Waals surface area contributed by atoms with E-state index in [-0.39, 0.29) is 5.78 Å². The fraction of sp³-hybridized carbons (Fsp3) is 0.333. The van der Waals surface area contributed by atoms with Gasteiger partial charge < -0.3 is 20.3 Å². The molecule has 3 aromatic rings. The monoisotopic (exact) mass is 439 g/mol. The van der Waals surface area contributed by atoms with Gasteiger partial charge in [-0.05, 0) is 24.1 Å². The summed E-state index contributed by atoms with van der Waals surface area (Å²) in [6.07, 6.45) is 5.22. The van der Waals surface area contributed by atoms with E-state index in [1.165, 1.54) is 0 Å². The van der Waals surface area contributed by atoms with Gasteiger partial charge in [0.2, 0.25) is 0 Å². The van der Waals surface area contributed by atoms with Crippen molar-refractivity contribution in [3.8, 4) is 5.75 Å². The lowest BCUT2D eigenvalue weighted by Gasteiger charge is -2.17. The number of ether oxygens (including phenoxy) is 1. The van der Waals surface area contributed by atoms with Crippen molar-refractivity contribution in [1.29, 1.82) is 0 Å². The Hall–Kier alpha value is -2.61. The number of benzene rings is 2. The maximum atomic E-state index is 12.8. The van der Waals surface area contributed by atoms with E-state index in [2.05, 4.69) is 10.3 Å². The standard InChI is InChI=1S/C24H29N3O3S/c1-3-8-21(28)19-16-26-24-18(10-6-12-22(24)30-13-7-14-31(2)29)23(19)27-20-11-5-4-9-17(20)15-25/h4-6,9-12,16H,3,7-8,13-15,25H2,1-2H3,(H,26,27). The Kier molecular flexibility index (Phi) is 8.28. The van der Waals surface area contributed by atoms with Gasteiger partial charge in [0.25, 0.3) is 0 Å². The molecule has 0 saturated heterocycles. The van der Waals surface area contributed by atoms with Gasteiger partial charge >= 0.3 is 0 Å². The van der Waals surface area contributed by atoms with E-state index in [1.807, 2.05) is 49.4 Å². The number of anilines is 2. The molecule has 0 radical (unpaired) electrons. The summed E-state index contributed by atoms with van der Waals surface area (Å²) in [6.45, 7) is 2.83. The van der Waals surface area contributed by atoms with Crippen LogP contribution in [0.25, 0.3) is 10.9 Å². The van der Waals surface area contributed by atoms with Crippen LogP contribution in [0.1, 0.15) is 42.1 Å². The van der Waals surface area contributed by atoms with Crippen molar-refractivity contribution in [2.45, 2.75) is 32.7 Å². The predicted octanol–water partition coefficient (Wildman–Crippen LogP) is 4.57. The van der Waals surface area contributed by atoms with E-state index in [0.717, 1.165) is 23.1 Å². The molecule has 3 N–H and O–H groups in total. The van der Waals surface area contributed by atoms with Crippen molar-refractivity contribution in [3.05, 3.63) is 59.8 Å². The fourth-order valence-electron chi connectivity index (χ4n) is 3.42. The van der Waals surface area contributed by atoms with E-state index in [9.17, 15) is 9.35 Å². The first-order valence-corrected chi connectivity index (χ1v) is 12.2. The molecule has 0 bridgehead atoms. The second-order valence-corrected chi connectivity index (χ2v) is 8.89. The van der Waals surface area contributed by atoms with Crippen LogP contribution in [0.4, 0.5) is 11.4 Å². The van der Waals surface area contributed by atoms with E-state index in [4.69, 9.17) is 10.5 Å². The van der Waals surface area contributed by atoms with Gasteiger partial charge in [-0.3, -0.25) is 9.78 Å². The maximum absolute atomic E-state index is 12.8. The summed E-state index contributed by atoms with van der Waals surface area (Å²) in [6, 6.07) is 13.5. The Morgan fingerprint density at radius 3 is 2.77 bits per heavy atom. The Morgan fingerprint density at radius 1 is 1.23 bits per heavy atom. The van der Waals surface area contributed by atoms with Gasteiger partial charge in [0, 0.05) is 36.7 Å². The SMILES string of the molecule is CCCC(=O)c1cnc2c(OCCC[S+](C)[O-])cccc2c1Nc1ccccc1CN. The molecular formula is C24H29N3O3S. The topological polar surface area (TPSA) is 100 Å². The number of carbonyl (C=O) groups is 1. The van der Waals surface area contributed by atoms with Crippen LogP contribution in [0.3, 0.4) is 0 Å². The molecule has 1 aromatic heterocycles. The van der Waals surface area contributed by atoms with Crippen LogP contribution in [0.2, 0.25) is 0 Å². The Morgan fingerprint density at radius 2 is 2.03 bits per heavy atom. The number of carbonyl (C=O) groups excluding carboxylic acids is 1. The number of nitrogens with one attached hydrogen (secondary N) is 1. The highest BCUT2D eigenvalue weighted by Crippen LogP contribution is 2.35. The number of aromatic nitrogens is 1. The number of para-hydroxylation sites is 2. The molecular weight excluding hydrogens is 410 g/mol. The third-order valence-corrected chi connectivity index (χ3v) is 5.83. The van der Waals surface area contributed by atoms with Crippen LogP contribution >= 0.6 is 0 Å². The molecule has 0 saturated carbocycles. The van der Waals surface area contributed by atoms with Gasteiger partial charge in [0.05, 0.1) is 24.1 Å². The lowest BCUT2D eigenvalue weighted by molar-refractivity contribution is 0.0982. The Bertz CT molecular complexity index is 1040. The summed E-state index contributed by atoms with van der Waals surface area (Å²) in [4.78, 5) is 17.4. The highest BCUT2D eigenvalue weighted by molar-refractivity contribution is 7.90. The average Bonchev–Trinajstić information content (AvgIpc) is 2.77. The molecule has 1 unspecified atom stereocenters. The number of nitrogens with zero attached hydrogens (tertiary/aromatic N) is 1. The molecule has 0 spiro atoms. The number of rotatable bonds is 11. The van der Waals surface area contributed by atoms with Gasteiger partial charge in [0.15, 0.2) is 5.78 Å². The second kappa shape index (κ2) is 11.1. The molecule has 3 rings (SSSR count). The quantitative estimate of drug-likeness (QED) is 0.258. The zero-order valence-corrected chi connectivity index (χ0v) is 18.8. The number of Topliss-reactive ketones (excluding diaryl/α,β-unsaturated/α-hetero) is 1. The minimum atomic E-state index is -0.844. The van der Waals surface area contributed by atoms with Gasteiger partial charge in [-0.25, -0.2) is 0 Å². The van der Waals surface area contributed by atoms with Crippen molar-refractivity contribution in [2.75, 3.05) is 23.9 Å². The van der Waals surface area contributed by atoms with Crippen molar-refractivity contribution in [3.63, 3.8) is 0 Å². The Balaban J connectivity index is 2.04. The van der Waals surface area contributed by atoms with Gasteiger partial charge in [-0.15, -0.1) is 0 Å². The van der Waals surface area contributed by atoms with Crippen LogP contribution in [-0.2, 0) is 17.7 Å². The molecule has 0 aliphatic rings. The van der Waals surface area contributed by atoms with Crippen LogP contribution in [0.5, 0.6) is 5.75 Å². The largest absolute Gasteiger partial charge is 0.617 e. The fourth-order valence-corrected chi connectivity index (χ4v) is 3.94. The van der Waals surface area contributed by atoms with Crippen molar-refractivity contribution in [1.82, 2.24) is 4.98 Å². The molecule has 0 aliphatic heterocycles. The highest BCUT2D eigenvalue weighted by Gasteiger charge is 2.18. The normalized spacial score (nSPS) is 12.0. The van der Waals surface area contributed by atoms with Crippen LogP contribution in [0, 0.1) is 0 Å². The van der Waals surface area contributed by atoms with Crippen molar-refractivity contribution < 1.29 is 14.1 Å². The molecule has 31 heavy (non-hydrogen) atoms. The number of pyridine rings is 1. The lowest BCUT2D eigenvalue weighted by Crippen LogP contribution is -2.09. The number of hydrogen-bond acceptors (Lipinski definition) is 6. The van der Waals surface area contributed by atoms with Gasteiger partial charge in [-0.2, -0.15) is 0 Å². The van der Waals surface area contributed by atoms with Crippen LogP contribution in [0.15, 0.2) is 48.7 Å². The molecule has 1 atom stereocenters. The molecule has 0 aliphatic carbocycles. The third kappa shape index (κ3) is 5.76. The van der Waals surface area contributed by atoms with Gasteiger partial charge in [0.1, 0.15) is 17.0 Å². The molecule has 0 fully saturated rings. The molecule has 0 amide bonds. The molecule has 1 heterocycles. The zero-order valence-electron chi connectivity index (χ0n) is 18.0. The summed E-state index contributed by atoms with van der Waals surface area (Å²) >= 11 is -0.844. The predicted molar refractivity (Wildman–Crippen MR) is 128 cm³/mol. The van der Waals surface area contributed by atoms with Crippen LogP contribution < -0.4 is 15.8 Å². The van der Waals surface area contributed by atoms with Crippen LogP contribution in [-0.4, -0.2) is 33.9 Å². The molecule has 7 heteroatoms. The first-order valence-electron chi connectivity index (χ1n) is 10.5. The van der Waals surface area contributed by atoms with E-state index >= 15 is 0 Å². The first-order chi connectivity index (χ1) is 15.0. The second-order valence-electron chi connectivity index (χ2n) is 7.34. The minimum absolute atomic E-state index is 0.0429. The number of fused-ring (bicyclic) bond motifs is 1. The van der Waals surface area contributed by atoms with Crippen molar-refractivity contribution >= 4 is 39.2 Å². The Labute approximate surface area is 186 Å². The number of ketones is 1. The maximum Gasteiger partial charge on any atom is 0.166 e. The first kappa shape index (κ1) is 23.1. The number of nitrogens with two attached hydrogens (primary N) is 1. The highest BCUT2D eigenvalue weighted by atomic mass is 32.2. The minimum Gasteiger partial charge on any atom is -0.617 e. The third-order valence-electron chi connectivity index (χ3n) is 4.97. The van der Waals surface area contributed by atoms with Crippen molar-refractivity contribution in [2.24, 2.45) is 5.73 Å².